The normalized spacial score (nSPS) is 15.4. The lowest BCUT2D eigenvalue weighted by Crippen LogP contribution is -2.39. The Morgan fingerprint density at radius 3 is 2.14 bits per heavy atom. The van der Waals surface area contributed by atoms with E-state index in [2.05, 4.69) is 32.3 Å². The highest BCUT2D eigenvalue weighted by Crippen LogP contribution is 2.08. The molecule has 0 aliphatic heterocycles. The molecule has 0 saturated heterocycles. The average Bonchev–Trinajstić information content (AvgIpc) is 2.22. The molecule has 0 spiro atoms. The van der Waals surface area contributed by atoms with Gasteiger partial charge in [0.2, 0.25) is 0 Å². The van der Waals surface area contributed by atoms with Crippen LogP contribution in [0.3, 0.4) is 0 Å². The van der Waals surface area contributed by atoms with Crippen LogP contribution in [0.15, 0.2) is 0 Å². The maximum atomic E-state index is 3.77. The SMILES string of the molecule is CCCCC(CC)NC(CC)CSC. The van der Waals surface area contributed by atoms with Crippen molar-refractivity contribution in [3.63, 3.8) is 0 Å². The minimum atomic E-state index is 0.715. The molecular formula is C12H27NS. The summed E-state index contributed by atoms with van der Waals surface area (Å²) in [6, 6.07) is 1.46. The molecule has 14 heavy (non-hydrogen) atoms. The second kappa shape index (κ2) is 9.85. The van der Waals surface area contributed by atoms with Gasteiger partial charge in [0.25, 0.3) is 0 Å². The second-order valence-corrected chi connectivity index (χ2v) is 4.89. The van der Waals surface area contributed by atoms with E-state index in [-0.39, 0.29) is 0 Å². The molecule has 0 aromatic rings. The van der Waals surface area contributed by atoms with Crippen molar-refractivity contribution in [3.8, 4) is 0 Å². The maximum absolute atomic E-state index is 3.77. The number of hydrogen-bond donors (Lipinski definition) is 1. The number of rotatable bonds is 9. The zero-order chi connectivity index (χ0) is 10.8. The standard InChI is InChI=1S/C12H27NS/c1-5-8-9-11(6-2)13-12(7-3)10-14-4/h11-13H,5-10H2,1-4H3. The Balaban J connectivity index is 3.75. The predicted octanol–water partition coefficient (Wildman–Crippen LogP) is 3.69. The fourth-order valence-electron chi connectivity index (χ4n) is 1.67. The van der Waals surface area contributed by atoms with Crippen LogP contribution in [0.4, 0.5) is 0 Å². The summed E-state index contributed by atoms with van der Waals surface area (Å²) in [6.45, 7) is 6.84. The first-order valence-corrected chi connectivity index (χ1v) is 7.42. The molecule has 86 valence electrons. The van der Waals surface area contributed by atoms with Crippen molar-refractivity contribution in [1.29, 1.82) is 0 Å². The molecule has 0 heterocycles. The Morgan fingerprint density at radius 2 is 1.71 bits per heavy atom. The summed E-state index contributed by atoms with van der Waals surface area (Å²) in [7, 11) is 0. The molecule has 0 aliphatic rings. The molecule has 0 aromatic heterocycles. The van der Waals surface area contributed by atoms with Gasteiger partial charge >= 0.3 is 0 Å². The van der Waals surface area contributed by atoms with Gasteiger partial charge in [-0.2, -0.15) is 11.8 Å². The van der Waals surface area contributed by atoms with Gasteiger partial charge < -0.3 is 5.32 Å². The number of nitrogens with one attached hydrogen (secondary N) is 1. The fourth-order valence-corrected chi connectivity index (χ4v) is 2.41. The van der Waals surface area contributed by atoms with Crippen LogP contribution < -0.4 is 5.32 Å². The van der Waals surface area contributed by atoms with E-state index in [0.29, 0.717) is 6.04 Å². The molecule has 1 nitrogen and oxygen atoms in total. The van der Waals surface area contributed by atoms with Gasteiger partial charge in [0, 0.05) is 17.8 Å². The minimum absolute atomic E-state index is 0.715. The Labute approximate surface area is 94.4 Å². The van der Waals surface area contributed by atoms with Gasteiger partial charge in [-0.05, 0) is 25.5 Å². The van der Waals surface area contributed by atoms with Gasteiger partial charge in [-0.15, -0.1) is 0 Å². The van der Waals surface area contributed by atoms with Crippen LogP contribution in [0, 0.1) is 0 Å². The van der Waals surface area contributed by atoms with E-state index in [4.69, 9.17) is 0 Å². The predicted molar refractivity (Wildman–Crippen MR) is 69.2 cm³/mol. The fraction of sp³-hybridized carbons (Fsp3) is 1.00. The first-order valence-electron chi connectivity index (χ1n) is 6.03. The molecular weight excluding hydrogens is 190 g/mol. The Kier molecular flexibility index (Phi) is 10.1. The molecule has 0 rings (SSSR count). The van der Waals surface area contributed by atoms with Crippen molar-refractivity contribution in [1.82, 2.24) is 5.32 Å². The van der Waals surface area contributed by atoms with Crippen molar-refractivity contribution in [2.75, 3.05) is 12.0 Å². The summed E-state index contributed by atoms with van der Waals surface area (Å²) in [6.07, 6.45) is 8.74. The van der Waals surface area contributed by atoms with Gasteiger partial charge in [-0.3, -0.25) is 0 Å². The lowest BCUT2D eigenvalue weighted by molar-refractivity contribution is 0.401. The zero-order valence-electron chi connectivity index (χ0n) is 10.3. The number of unbranched alkanes of at least 4 members (excludes halogenated alkanes) is 1. The quantitative estimate of drug-likeness (QED) is 0.632. The van der Waals surface area contributed by atoms with Gasteiger partial charge in [-0.25, -0.2) is 0 Å². The van der Waals surface area contributed by atoms with Crippen molar-refractivity contribution < 1.29 is 0 Å². The molecule has 2 unspecified atom stereocenters. The molecule has 0 aromatic carbocycles. The minimum Gasteiger partial charge on any atom is -0.310 e. The van der Waals surface area contributed by atoms with Crippen molar-refractivity contribution >= 4 is 11.8 Å². The van der Waals surface area contributed by atoms with Crippen LogP contribution >= 0.6 is 11.8 Å². The smallest absolute Gasteiger partial charge is 0.0158 e. The molecule has 0 saturated carbocycles. The van der Waals surface area contributed by atoms with E-state index in [1.54, 1.807) is 0 Å². The summed E-state index contributed by atoms with van der Waals surface area (Å²) in [5.74, 6) is 1.25. The lowest BCUT2D eigenvalue weighted by Gasteiger charge is -2.23. The van der Waals surface area contributed by atoms with Gasteiger partial charge in [0.05, 0.1) is 0 Å². The summed E-state index contributed by atoms with van der Waals surface area (Å²) in [5, 5.41) is 3.77. The van der Waals surface area contributed by atoms with Crippen LogP contribution in [0.25, 0.3) is 0 Å². The van der Waals surface area contributed by atoms with Crippen LogP contribution in [-0.4, -0.2) is 24.1 Å². The van der Waals surface area contributed by atoms with Gasteiger partial charge in [0.15, 0.2) is 0 Å². The van der Waals surface area contributed by atoms with E-state index in [1.165, 1.54) is 37.9 Å². The highest BCUT2D eigenvalue weighted by molar-refractivity contribution is 7.98. The number of thioether (sulfide) groups is 1. The summed E-state index contributed by atoms with van der Waals surface area (Å²) in [5.41, 5.74) is 0. The molecule has 0 fully saturated rings. The summed E-state index contributed by atoms with van der Waals surface area (Å²) >= 11 is 1.95. The van der Waals surface area contributed by atoms with Gasteiger partial charge in [0.1, 0.15) is 0 Å². The first kappa shape index (κ1) is 14.3. The Bertz CT molecular complexity index is 117. The van der Waals surface area contributed by atoms with Crippen LogP contribution in [0.2, 0.25) is 0 Å². The summed E-state index contributed by atoms with van der Waals surface area (Å²) in [4.78, 5) is 0. The van der Waals surface area contributed by atoms with E-state index in [1.807, 2.05) is 11.8 Å². The van der Waals surface area contributed by atoms with Crippen LogP contribution in [0.1, 0.15) is 52.9 Å². The molecule has 0 radical (unpaired) electrons. The third-order valence-corrected chi connectivity index (χ3v) is 3.47. The second-order valence-electron chi connectivity index (χ2n) is 3.97. The Morgan fingerprint density at radius 1 is 1.07 bits per heavy atom. The monoisotopic (exact) mass is 217 g/mol. The molecule has 2 heteroatoms. The molecule has 0 amide bonds. The highest BCUT2D eigenvalue weighted by atomic mass is 32.2. The topological polar surface area (TPSA) is 12.0 Å². The largest absolute Gasteiger partial charge is 0.310 e. The molecule has 1 N–H and O–H groups in total. The lowest BCUT2D eigenvalue weighted by atomic mass is 10.1. The van der Waals surface area contributed by atoms with Crippen molar-refractivity contribution in [2.24, 2.45) is 0 Å². The average molecular weight is 217 g/mol. The van der Waals surface area contributed by atoms with Crippen molar-refractivity contribution in [2.45, 2.75) is 65.0 Å². The van der Waals surface area contributed by atoms with Crippen LogP contribution in [-0.2, 0) is 0 Å². The third-order valence-electron chi connectivity index (χ3n) is 2.73. The first-order chi connectivity index (χ1) is 6.78. The molecule has 2 atom stereocenters. The zero-order valence-corrected chi connectivity index (χ0v) is 11.1. The third kappa shape index (κ3) is 6.72. The maximum Gasteiger partial charge on any atom is 0.0158 e. The van der Waals surface area contributed by atoms with E-state index >= 15 is 0 Å². The molecule has 0 aliphatic carbocycles. The van der Waals surface area contributed by atoms with E-state index < -0.39 is 0 Å². The van der Waals surface area contributed by atoms with Crippen LogP contribution in [0.5, 0.6) is 0 Å². The highest BCUT2D eigenvalue weighted by Gasteiger charge is 2.11. The summed E-state index contributed by atoms with van der Waals surface area (Å²) < 4.78 is 0. The van der Waals surface area contributed by atoms with E-state index in [9.17, 15) is 0 Å². The van der Waals surface area contributed by atoms with Crippen molar-refractivity contribution in [3.05, 3.63) is 0 Å². The Hall–Kier alpha value is 0.310. The van der Waals surface area contributed by atoms with Gasteiger partial charge in [-0.1, -0.05) is 33.6 Å². The van der Waals surface area contributed by atoms with E-state index in [0.717, 1.165) is 6.04 Å². The number of hydrogen-bond acceptors (Lipinski definition) is 2. The molecule has 0 bridgehead atoms.